The Morgan fingerprint density at radius 3 is 2.75 bits per heavy atom. The number of thiophene rings is 1. The molecule has 1 aliphatic heterocycles. The normalized spacial score (nSPS) is 12.5. The lowest BCUT2D eigenvalue weighted by atomic mass is 10.1. The average Bonchev–Trinajstić information content (AvgIpc) is 3.50. The molecule has 0 fully saturated rings. The highest BCUT2D eigenvalue weighted by Gasteiger charge is 2.23. The van der Waals surface area contributed by atoms with Crippen molar-refractivity contribution in [3.8, 4) is 17.2 Å². The fourth-order valence-corrected chi connectivity index (χ4v) is 4.40. The molecule has 4 aromatic rings. The molecule has 11 heteroatoms. The Kier molecular flexibility index (Phi) is 4.79. The molecule has 3 heterocycles. The van der Waals surface area contributed by atoms with Crippen LogP contribution in [0.2, 0.25) is 0 Å². The van der Waals surface area contributed by atoms with Gasteiger partial charge < -0.3 is 9.47 Å². The molecule has 1 amide bonds. The Balaban J connectivity index is 1.39. The summed E-state index contributed by atoms with van der Waals surface area (Å²) < 4.78 is 12.2. The molecule has 2 aromatic carbocycles. The number of benzene rings is 2. The number of rotatable bonds is 5. The van der Waals surface area contributed by atoms with Crippen LogP contribution in [0.15, 0.2) is 53.6 Å². The molecular weight excluding hydrogens is 434 g/mol. The highest BCUT2D eigenvalue weighted by Crippen LogP contribution is 2.37. The molecule has 0 saturated heterocycles. The number of hydrazone groups is 1. The van der Waals surface area contributed by atoms with Gasteiger partial charge in [0.15, 0.2) is 11.5 Å². The molecule has 10 nitrogen and oxygen atoms in total. The largest absolute Gasteiger partial charge is 0.454 e. The van der Waals surface area contributed by atoms with Gasteiger partial charge >= 0.3 is 0 Å². The zero-order valence-electron chi connectivity index (χ0n) is 16.6. The van der Waals surface area contributed by atoms with Crippen LogP contribution in [0.5, 0.6) is 11.5 Å². The molecule has 0 spiro atoms. The van der Waals surface area contributed by atoms with Gasteiger partial charge in [-0.15, -0.1) is 11.3 Å². The number of carbonyl (C=O) groups excluding carboxylic acids is 1. The van der Waals surface area contributed by atoms with Crippen molar-refractivity contribution in [3.05, 3.63) is 74.8 Å². The summed E-state index contributed by atoms with van der Waals surface area (Å²) >= 11 is 1.29. The molecule has 0 bridgehead atoms. The van der Waals surface area contributed by atoms with Crippen molar-refractivity contribution in [2.24, 2.45) is 5.10 Å². The van der Waals surface area contributed by atoms with Gasteiger partial charge in [-0.2, -0.15) is 10.2 Å². The molecule has 2 aromatic heterocycles. The first-order valence-electron chi connectivity index (χ1n) is 9.47. The number of nitrogens with zero attached hydrogens (tertiary/aromatic N) is 4. The number of fused-ring (bicyclic) bond motifs is 2. The van der Waals surface area contributed by atoms with Crippen molar-refractivity contribution in [3.63, 3.8) is 0 Å². The molecule has 5 rings (SSSR count). The number of ether oxygens (including phenoxy) is 2. The maximum atomic E-state index is 12.6. The van der Waals surface area contributed by atoms with E-state index in [1.807, 2.05) is 37.3 Å². The summed E-state index contributed by atoms with van der Waals surface area (Å²) in [4.78, 5) is 24.7. The van der Waals surface area contributed by atoms with Crippen LogP contribution in [0.3, 0.4) is 0 Å². The number of para-hydroxylation sites is 1. The minimum atomic E-state index is -0.546. The molecular formula is C21H15N5O5S. The van der Waals surface area contributed by atoms with Crippen molar-refractivity contribution in [1.29, 1.82) is 0 Å². The minimum absolute atomic E-state index is 0.00438. The van der Waals surface area contributed by atoms with E-state index in [2.05, 4.69) is 15.6 Å². The Morgan fingerprint density at radius 2 is 2.00 bits per heavy atom. The molecule has 0 radical (unpaired) electrons. The maximum Gasteiger partial charge on any atom is 0.282 e. The molecule has 1 N–H and O–H groups in total. The van der Waals surface area contributed by atoms with Crippen LogP contribution in [0.1, 0.15) is 20.9 Å². The van der Waals surface area contributed by atoms with E-state index in [0.717, 1.165) is 21.6 Å². The zero-order chi connectivity index (χ0) is 22.2. The van der Waals surface area contributed by atoms with E-state index in [0.29, 0.717) is 16.4 Å². The van der Waals surface area contributed by atoms with Gasteiger partial charge in [-0.3, -0.25) is 14.9 Å². The van der Waals surface area contributed by atoms with Crippen molar-refractivity contribution < 1.29 is 19.2 Å². The van der Waals surface area contributed by atoms with Crippen molar-refractivity contribution in [2.75, 3.05) is 6.79 Å². The maximum absolute atomic E-state index is 12.6. The summed E-state index contributed by atoms with van der Waals surface area (Å²) in [6, 6.07) is 14.1. The van der Waals surface area contributed by atoms with E-state index in [1.165, 1.54) is 29.7 Å². The standard InChI is InChI=1S/C21H15N5O5S/c1-12-15-8-19(32-21(15)25(24-12)14-5-3-2-4-6-14)20(27)23-22-10-13-7-17-18(31-11-30-17)9-16(13)26(28)29/h2-10H,11H2,1H3,(H,23,27)/b22-10+. The summed E-state index contributed by atoms with van der Waals surface area (Å²) in [5, 5.41) is 20.7. The van der Waals surface area contributed by atoms with E-state index in [-0.39, 0.29) is 18.0 Å². The molecule has 0 aliphatic carbocycles. The fraction of sp³-hybridized carbons (Fsp3) is 0.0952. The van der Waals surface area contributed by atoms with Crippen molar-refractivity contribution >= 4 is 39.4 Å². The lowest BCUT2D eigenvalue weighted by Gasteiger charge is -2.01. The molecule has 1 aliphatic rings. The Labute approximate surface area is 184 Å². The lowest BCUT2D eigenvalue weighted by Crippen LogP contribution is -2.16. The highest BCUT2D eigenvalue weighted by molar-refractivity contribution is 7.20. The lowest BCUT2D eigenvalue weighted by molar-refractivity contribution is -0.385. The average molecular weight is 449 g/mol. The number of hydrogen-bond donors (Lipinski definition) is 1. The van der Waals surface area contributed by atoms with Gasteiger partial charge in [0.25, 0.3) is 11.6 Å². The van der Waals surface area contributed by atoms with Gasteiger partial charge in [-0.05, 0) is 31.2 Å². The van der Waals surface area contributed by atoms with Gasteiger partial charge in [0.05, 0.1) is 39.0 Å². The molecule has 0 unspecified atom stereocenters. The summed E-state index contributed by atoms with van der Waals surface area (Å²) in [5.74, 6) is 0.254. The van der Waals surface area contributed by atoms with Crippen LogP contribution in [-0.4, -0.2) is 33.6 Å². The first-order chi connectivity index (χ1) is 15.5. The monoisotopic (exact) mass is 449 g/mol. The minimum Gasteiger partial charge on any atom is -0.454 e. The number of nitrogens with one attached hydrogen (secondary N) is 1. The molecule has 0 saturated carbocycles. The van der Waals surface area contributed by atoms with Gasteiger partial charge in [0, 0.05) is 5.39 Å². The van der Waals surface area contributed by atoms with E-state index in [9.17, 15) is 14.9 Å². The summed E-state index contributed by atoms with van der Waals surface area (Å²) in [6.45, 7) is 1.88. The first-order valence-corrected chi connectivity index (χ1v) is 10.3. The highest BCUT2D eigenvalue weighted by atomic mass is 32.1. The quantitative estimate of drug-likeness (QED) is 0.281. The third kappa shape index (κ3) is 3.44. The van der Waals surface area contributed by atoms with Crippen molar-refractivity contribution in [2.45, 2.75) is 6.92 Å². The van der Waals surface area contributed by atoms with Crippen LogP contribution in [0.25, 0.3) is 15.9 Å². The third-order valence-electron chi connectivity index (χ3n) is 4.86. The zero-order valence-corrected chi connectivity index (χ0v) is 17.5. The van der Waals surface area contributed by atoms with Gasteiger partial charge in [0.2, 0.25) is 6.79 Å². The van der Waals surface area contributed by atoms with E-state index < -0.39 is 10.8 Å². The Morgan fingerprint density at radius 1 is 1.25 bits per heavy atom. The number of carbonyl (C=O) groups is 1. The van der Waals surface area contributed by atoms with Crippen LogP contribution < -0.4 is 14.9 Å². The summed E-state index contributed by atoms with van der Waals surface area (Å²) in [6.07, 6.45) is 1.21. The second kappa shape index (κ2) is 7.78. The number of amides is 1. The van der Waals surface area contributed by atoms with E-state index >= 15 is 0 Å². The topological polar surface area (TPSA) is 121 Å². The van der Waals surface area contributed by atoms with Crippen LogP contribution in [0.4, 0.5) is 5.69 Å². The number of hydrogen-bond acceptors (Lipinski definition) is 8. The molecule has 0 atom stereocenters. The number of aryl methyl sites for hydroxylation is 1. The summed E-state index contributed by atoms with van der Waals surface area (Å²) in [5.41, 5.74) is 4.11. The number of aromatic nitrogens is 2. The number of nitro groups is 1. The first kappa shape index (κ1) is 19.7. The predicted octanol–water partition coefficient (Wildman–Crippen LogP) is 3.80. The smallest absolute Gasteiger partial charge is 0.282 e. The van der Waals surface area contributed by atoms with E-state index in [4.69, 9.17) is 9.47 Å². The molecule has 32 heavy (non-hydrogen) atoms. The third-order valence-corrected chi connectivity index (χ3v) is 5.97. The second-order valence-corrected chi connectivity index (χ2v) is 7.91. The SMILES string of the molecule is Cc1nn(-c2ccccc2)c2sc(C(=O)N/N=C/c3cc4c(cc3[N+](=O)[O-])OCO4)cc12. The van der Waals surface area contributed by atoms with Gasteiger partial charge in [0.1, 0.15) is 4.83 Å². The van der Waals surface area contributed by atoms with E-state index in [1.54, 1.807) is 10.7 Å². The Hall–Kier alpha value is -4.25. The second-order valence-electron chi connectivity index (χ2n) is 6.88. The van der Waals surface area contributed by atoms with Crippen LogP contribution >= 0.6 is 11.3 Å². The summed E-state index contributed by atoms with van der Waals surface area (Å²) in [7, 11) is 0. The Bertz CT molecular complexity index is 1390. The number of nitro benzene ring substituents is 1. The van der Waals surface area contributed by atoms with Gasteiger partial charge in [-0.1, -0.05) is 18.2 Å². The predicted molar refractivity (Wildman–Crippen MR) is 118 cm³/mol. The van der Waals surface area contributed by atoms with Crippen LogP contribution in [0, 0.1) is 17.0 Å². The fourth-order valence-electron chi connectivity index (χ4n) is 3.33. The van der Waals surface area contributed by atoms with Crippen LogP contribution in [-0.2, 0) is 0 Å². The van der Waals surface area contributed by atoms with Gasteiger partial charge in [-0.25, -0.2) is 10.1 Å². The van der Waals surface area contributed by atoms with Crippen molar-refractivity contribution in [1.82, 2.24) is 15.2 Å². The molecule has 160 valence electrons.